The molecule has 0 saturated heterocycles. The maximum Gasteiger partial charge on any atom is 0.230 e. The predicted molar refractivity (Wildman–Crippen MR) is 100 cm³/mol. The summed E-state index contributed by atoms with van der Waals surface area (Å²) in [5.74, 6) is 3.48. The van der Waals surface area contributed by atoms with E-state index in [0.717, 1.165) is 41.4 Å². The van der Waals surface area contributed by atoms with Crippen molar-refractivity contribution in [2.75, 3.05) is 21.0 Å². The van der Waals surface area contributed by atoms with Crippen molar-refractivity contribution in [3.63, 3.8) is 0 Å². The molecule has 2 aromatic carbocycles. The third kappa shape index (κ3) is 4.81. The molecule has 0 N–H and O–H groups in total. The third-order valence-corrected chi connectivity index (χ3v) is 4.04. The van der Waals surface area contributed by atoms with Crippen LogP contribution in [0.2, 0.25) is 0 Å². The Hall–Kier alpha value is -2.36. The van der Waals surface area contributed by atoms with Crippen molar-refractivity contribution >= 4 is 0 Å². The van der Waals surface area contributed by atoms with E-state index in [9.17, 15) is 0 Å². The number of hydrogen-bond donors (Lipinski definition) is 0. The van der Waals surface area contributed by atoms with Crippen LogP contribution in [-0.2, 0) is 6.42 Å². The Balaban J connectivity index is 2.06. The third-order valence-electron chi connectivity index (χ3n) is 4.04. The molecule has 0 aromatic heterocycles. The van der Waals surface area contributed by atoms with Crippen molar-refractivity contribution < 1.29 is 18.9 Å². The quantitative estimate of drug-likeness (QED) is 0.586. The molecule has 0 aliphatic heterocycles. The molecule has 0 aliphatic rings. The molecule has 25 heavy (non-hydrogen) atoms. The molecule has 0 aliphatic carbocycles. The van der Waals surface area contributed by atoms with Crippen molar-refractivity contribution in [3.05, 3.63) is 47.5 Å². The Labute approximate surface area is 150 Å². The normalized spacial score (nSPS) is 10.6. The van der Waals surface area contributed by atoms with Gasteiger partial charge in [-0.2, -0.15) is 0 Å². The number of ether oxygens (including phenoxy) is 4. The molecule has 0 spiro atoms. The largest absolute Gasteiger partial charge is 0.496 e. The number of aryl methyl sites for hydroxylation is 1. The fourth-order valence-corrected chi connectivity index (χ4v) is 2.85. The summed E-state index contributed by atoms with van der Waals surface area (Å²) in [7, 11) is 3.35. The summed E-state index contributed by atoms with van der Waals surface area (Å²) < 4.78 is 22.5. The lowest BCUT2D eigenvalue weighted by atomic mass is 10.0. The van der Waals surface area contributed by atoms with Gasteiger partial charge in [0, 0.05) is 11.6 Å². The minimum atomic E-state index is 0.128. The van der Waals surface area contributed by atoms with Crippen LogP contribution in [0.3, 0.4) is 0 Å². The molecular formula is C21H28O4. The van der Waals surface area contributed by atoms with Gasteiger partial charge in [-0.15, -0.1) is 0 Å². The molecule has 0 atom stereocenters. The highest BCUT2D eigenvalue weighted by Gasteiger charge is 2.14. The predicted octanol–water partition coefficient (Wildman–Crippen LogP) is 5.20. The first-order chi connectivity index (χ1) is 12.1. The highest BCUT2D eigenvalue weighted by atomic mass is 16.7. The van der Waals surface area contributed by atoms with Crippen molar-refractivity contribution in [3.8, 4) is 23.0 Å². The van der Waals surface area contributed by atoms with Crippen LogP contribution < -0.4 is 18.9 Å². The molecule has 4 heteroatoms. The monoisotopic (exact) mass is 344 g/mol. The van der Waals surface area contributed by atoms with Crippen LogP contribution in [0.1, 0.15) is 44.2 Å². The molecule has 2 aromatic rings. The lowest BCUT2D eigenvalue weighted by Gasteiger charge is -2.18. The summed E-state index contributed by atoms with van der Waals surface area (Å²) in [6.07, 6.45) is 2.06. The fraction of sp³-hybridized carbons (Fsp3) is 0.429. The number of benzene rings is 2. The minimum absolute atomic E-state index is 0.128. The van der Waals surface area contributed by atoms with Gasteiger partial charge in [0.15, 0.2) is 0 Å². The highest BCUT2D eigenvalue weighted by molar-refractivity contribution is 5.46. The van der Waals surface area contributed by atoms with Crippen LogP contribution in [0, 0.1) is 0 Å². The summed E-state index contributed by atoms with van der Waals surface area (Å²) >= 11 is 0. The topological polar surface area (TPSA) is 36.9 Å². The zero-order chi connectivity index (χ0) is 18.2. The van der Waals surface area contributed by atoms with Gasteiger partial charge in [0.2, 0.25) is 6.79 Å². The van der Waals surface area contributed by atoms with Gasteiger partial charge in [-0.1, -0.05) is 39.3 Å². The van der Waals surface area contributed by atoms with Crippen molar-refractivity contribution in [2.45, 2.75) is 39.5 Å². The Morgan fingerprint density at radius 1 is 0.880 bits per heavy atom. The van der Waals surface area contributed by atoms with E-state index < -0.39 is 0 Å². The lowest BCUT2D eigenvalue weighted by Crippen LogP contribution is -2.08. The average Bonchev–Trinajstić information content (AvgIpc) is 2.62. The van der Waals surface area contributed by atoms with Gasteiger partial charge in [0.05, 0.1) is 14.2 Å². The van der Waals surface area contributed by atoms with E-state index in [4.69, 9.17) is 18.9 Å². The first kappa shape index (κ1) is 19.0. The molecule has 0 saturated carbocycles. The van der Waals surface area contributed by atoms with Gasteiger partial charge in [-0.05, 0) is 36.1 Å². The van der Waals surface area contributed by atoms with Crippen molar-refractivity contribution in [1.82, 2.24) is 0 Å². The van der Waals surface area contributed by atoms with Gasteiger partial charge in [0.1, 0.15) is 23.0 Å². The zero-order valence-corrected chi connectivity index (χ0v) is 15.8. The minimum Gasteiger partial charge on any atom is -0.496 e. The molecular weight excluding hydrogens is 316 g/mol. The highest BCUT2D eigenvalue weighted by Crippen LogP contribution is 2.35. The lowest BCUT2D eigenvalue weighted by molar-refractivity contribution is 0.118. The molecule has 0 radical (unpaired) electrons. The van der Waals surface area contributed by atoms with Gasteiger partial charge in [0.25, 0.3) is 0 Å². The molecule has 0 amide bonds. The van der Waals surface area contributed by atoms with Crippen LogP contribution in [-0.4, -0.2) is 21.0 Å². The van der Waals surface area contributed by atoms with Gasteiger partial charge in [-0.3, -0.25) is 0 Å². The first-order valence-electron chi connectivity index (χ1n) is 8.70. The molecule has 0 unspecified atom stereocenters. The van der Waals surface area contributed by atoms with E-state index in [0.29, 0.717) is 5.92 Å². The Bertz CT molecular complexity index is 680. The van der Waals surface area contributed by atoms with Crippen LogP contribution in [0.4, 0.5) is 0 Å². The van der Waals surface area contributed by atoms with E-state index in [1.807, 2.05) is 36.4 Å². The summed E-state index contributed by atoms with van der Waals surface area (Å²) in [5.41, 5.74) is 2.23. The standard InChI is InChI=1S/C21H28O4/c1-6-8-16-11-12-17(13-20(16)23-5)24-14-25-19-10-7-9-18(22-4)21(19)15(2)3/h7,9-13,15H,6,8,14H2,1-5H3. The second-order valence-corrected chi connectivity index (χ2v) is 6.16. The number of methoxy groups -OCH3 is 2. The maximum absolute atomic E-state index is 5.85. The molecule has 0 heterocycles. The molecule has 136 valence electrons. The number of rotatable bonds is 9. The van der Waals surface area contributed by atoms with Crippen LogP contribution in [0.15, 0.2) is 36.4 Å². The molecule has 2 rings (SSSR count). The second kappa shape index (κ2) is 9.21. The smallest absolute Gasteiger partial charge is 0.230 e. The summed E-state index contributed by atoms with van der Waals surface area (Å²) in [6, 6.07) is 11.7. The van der Waals surface area contributed by atoms with Crippen LogP contribution >= 0.6 is 0 Å². The van der Waals surface area contributed by atoms with Crippen molar-refractivity contribution in [1.29, 1.82) is 0 Å². The Morgan fingerprint density at radius 2 is 1.60 bits per heavy atom. The van der Waals surface area contributed by atoms with Gasteiger partial charge < -0.3 is 18.9 Å². The summed E-state index contributed by atoms with van der Waals surface area (Å²) in [4.78, 5) is 0. The Kier molecular flexibility index (Phi) is 6.99. The molecule has 0 bridgehead atoms. The number of hydrogen-bond acceptors (Lipinski definition) is 4. The van der Waals surface area contributed by atoms with E-state index >= 15 is 0 Å². The maximum atomic E-state index is 5.85. The average molecular weight is 344 g/mol. The zero-order valence-electron chi connectivity index (χ0n) is 15.8. The summed E-state index contributed by atoms with van der Waals surface area (Å²) in [6.45, 7) is 6.51. The van der Waals surface area contributed by atoms with Gasteiger partial charge in [-0.25, -0.2) is 0 Å². The van der Waals surface area contributed by atoms with E-state index in [1.54, 1.807) is 14.2 Å². The first-order valence-corrected chi connectivity index (χ1v) is 8.70. The molecule has 0 fully saturated rings. The fourth-order valence-electron chi connectivity index (χ4n) is 2.85. The summed E-state index contributed by atoms with van der Waals surface area (Å²) in [5, 5.41) is 0. The van der Waals surface area contributed by atoms with Crippen molar-refractivity contribution in [2.24, 2.45) is 0 Å². The van der Waals surface area contributed by atoms with Gasteiger partial charge >= 0.3 is 0 Å². The van der Waals surface area contributed by atoms with Crippen LogP contribution in [0.25, 0.3) is 0 Å². The van der Waals surface area contributed by atoms with Crippen LogP contribution in [0.5, 0.6) is 23.0 Å². The second-order valence-electron chi connectivity index (χ2n) is 6.16. The van der Waals surface area contributed by atoms with E-state index in [1.165, 1.54) is 5.56 Å². The SMILES string of the molecule is CCCc1ccc(OCOc2cccc(OC)c2C(C)C)cc1OC. The molecule has 4 nitrogen and oxygen atoms in total. The Morgan fingerprint density at radius 3 is 2.24 bits per heavy atom. The van der Waals surface area contributed by atoms with E-state index in [2.05, 4.69) is 20.8 Å². The van der Waals surface area contributed by atoms with E-state index in [-0.39, 0.29) is 6.79 Å².